The standard InChI is InChI=1S/C15H17ClN2S/c1-10-7-8-11(9-13(10)16)15(18-17)12-5-3-4-6-14(12)19-2/h3-9,15,18H,17H2,1-2H3. The Labute approximate surface area is 123 Å². The van der Waals surface area contributed by atoms with Crippen LogP contribution in [-0.4, -0.2) is 6.26 Å². The molecule has 0 fully saturated rings. The van der Waals surface area contributed by atoms with E-state index < -0.39 is 0 Å². The van der Waals surface area contributed by atoms with Crippen molar-refractivity contribution >= 4 is 23.4 Å². The minimum atomic E-state index is -0.0539. The van der Waals surface area contributed by atoms with Crippen LogP contribution in [0.1, 0.15) is 22.7 Å². The van der Waals surface area contributed by atoms with Crippen molar-refractivity contribution in [1.82, 2.24) is 5.43 Å². The molecule has 0 spiro atoms. The fourth-order valence-electron chi connectivity index (χ4n) is 2.06. The number of aryl methyl sites for hydroxylation is 1. The molecular weight excluding hydrogens is 276 g/mol. The quantitative estimate of drug-likeness (QED) is 0.509. The Bertz CT molecular complexity index is 572. The lowest BCUT2D eigenvalue weighted by Gasteiger charge is -2.20. The van der Waals surface area contributed by atoms with Crippen LogP contribution in [0.3, 0.4) is 0 Å². The topological polar surface area (TPSA) is 38.0 Å². The van der Waals surface area contributed by atoms with E-state index in [1.165, 1.54) is 4.90 Å². The second-order valence-corrected chi connectivity index (χ2v) is 5.61. The highest BCUT2D eigenvalue weighted by molar-refractivity contribution is 7.98. The second-order valence-electron chi connectivity index (χ2n) is 4.35. The first-order valence-corrected chi connectivity index (χ1v) is 7.62. The number of rotatable bonds is 4. The molecule has 0 bridgehead atoms. The molecule has 0 aromatic heterocycles. The first kappa shape index (κ1) is 14.4. The van der Waals surface area contributed by atoms with Gasteiger partial charge in [-0.3, -0.25) is 5.84 Å². The van der Waals surface area contributed by atoms with Crippen LogP contribution in [0.25, 0.3) is 0 Å². The summed E-state index contributed by atoms with van der Waals surface area (Å²) in [5.74, 6) is 5.75. The summed E-state index contributed by atoms with van der Waals surface area (Å²) in [6, 6.07) is 14.2. The molecule has 100 valence electrons. The average molecular weight is 293 g/mol. The maximum Gasteiger partial charge on any atom is 0.0721 e. The molecule has 0 aliphatic carbocycles. The molecule has 2 nitrogen and oxygen atoms in total. The first-order valence-electron chi connectivity index (χ1n) is 6.02. The van der Waals surface area contributed by atoms with Crippen LogP contribution in [0, 0.1) is 6.92 Å². The van der Waals surface area contributed by atoms with E-state index in [9.17, 15) is 0 Å². The van der Waals surface area contributed by atoms with Crippen LogP contribution in [0.5, 0.6) is 0 Å². The molecule has 0 aliphatic heterocycles. The van der Waals surface area contributed by atoms with Gasteiger partial charge in [0, 0.05) is 9.92 Å². The molecular formula is C15H17ClN2S. The van der Waals surface area contributed by atoms with Crippen molar-refractivity contribution in [3.05, 3.63) is 64.2 Å². The van der Waals surface area contributed by atoms with Crippen LogP contribution < -0.4 is 11.3 Å². The van der Waals surface area contributed by atoms with Crippen molar-refractivity contribution in [2.75, 3.05) is 6.26 Å². The predicted octanol–water partition coefficient (Wildman–Crippen LogP) is 3.92. The van der Waals surface area contributed by atoms with Gasteiger partial charge in [0.2, 0.25) is 0 Å². The largest absolute Gasteiger partial charge is 0.271 e. The lowest BCUT2D eigenvalue weighted by atomic mass is 9.98. The normalized spacial score (nSPS) is 12.4. The Hall–Kier alpha value is -1.00. The Balaban J connectivity index is 2.46. The number of hydrazine groups is 1. The van der Waals surface area contributed by atoms with Gasteiger partial charge >= 0.3 is 0 Å². The molecule has 0 saturated heterocycles. The van der Waals surface area contributed by atoms with Crippen LogP contribution in [-0.2, 0) is 0 Å². The summed E-state index contributed by atoms with van der Waals surface area (Å²) in [5.41, 5.74) is 6.19. The second kappa shape index (κ2) is 6.44. The Kier molecular flexibility index (Phi) is 4.88. The molecule has 0 aliphatic rings. The van der Waals surface area contributed by atoms with Gasteiger partial charge in [0.1, 0.15) is 0 Å². The zero-order valence-corrected chi connectivity index (χ0v) is 12.6. The van der Waals surface area contributed by atoms with Gasteiger partial charge in [0.05, 0.1) is 6.04 Å². The molecule has 19 heavy (non-hydrogen) atoms. The van der Waals surface area contributed by atoms with Crippen molar-refractivity contribution in [2.24, 2.45) is 5.84 Å². The number of benzene rings is 2. The van der Waals surface area contributed by atoms with E-state index in [1.807, 2.05) is 31.2 Å². The van der Waals surface area contributed by atoms with Gasteiger partial charge in [-0.2, -0.15) is 0 Å². The van der Waals surface area contributed by atoms with Crippen molar-refractivity contribution < 1.29 is 0 Å². The summed E-state index contributed by atoms with van der Waals surface area (Å²) in [6.07, 6.45) is 2.06. The molecule has 1 atom stereocenters. The molecule has 0 saturated carbocycles. The van der Waals surface area contributed by atoms with Crippen LogP contribution in [0.4, 0.5) is 0 Å². The smallest absolute Gasteiger partial charge is 0.0721 e. The van der Waals surface area contributed by atoms with Crippen LogP contribution in [0.15, 0.2) is 47.4 Å². The first-order chi connectivity index (χ1) is 9.17. The maximum atomic E-state index is 6.20. The molecule has 2 aromatic carbocycles. The third kappa shape index (κ3) is 3.12. The fraction of sp³-hybridized carbons (Fsp3) is 0.200. The molecule has 2 aromatic rings. The Morgan fingerprint density at radius 1 is 1.21 bits per heavy atom. The summed E-state index contributed by atoms with van der Waals surface area (Å²) < 4.78 is 0. The van der Waals surface area contributed by atoms with Gasteiger partial charge in [-0.1, -0.05) is 41.9 Å². The van der Waals surface area contributed by atoms with E-state index in [4.69, 9.17) is 17.4 Å². The molecule has 0 heterocycles. The molecule has 3 N–H and O–H groups in total. The number of nitrogens with two attached hydrogens (primary N) is 1. The zero-order chi connectivity index (χ0) is 13.8. The summed E-state index contributed by atoms with van der Waals surface area (Å²) in [4.78, 5) is 1.21. The SMILES string of the molecule is CSc1ccccc1C(NN)c1ccc(C)c(Cl)c1. The van der Waals surface area contributed by atoms with Crippen molar-refractivity contribution in [1.29, 1.82) is 0 Å². The van der Waals surface area contributed by atoms with E-state index in [-0.39, 0.29) is 6.04 Å². The molecule has 0 radical (unpaired) electrons. The zero-order valence-electron chi connectivity index (χ0n) is 11.0. The maximum absolute atomic E-state index is 6.20. The van der Waals surface area contributed by atoms with Crippen LogP contribution in [0.2, 0.25) is 5.02 Å². The monoisotopic (exact) mass is 292 g/mol. The molecule has 1 unspecified atom stereocenters. The van der Waals surface area contributed by atoms with Gasteiger partial charge in [0.15, 0.2) is 0 Å². The number of hydrogen-bond donors (Lipinski definition) is 2. The van der Waals surface area contributed by atoms with E-state index in [0.29, 0.717) is 0 Å². The third-order valence-corrected chi connectivity index (χ3v) is 4.36. The summed E-state index contributed by atoms with van der Waals surface area (Å²) in [6.45, 7) is 1.99. The number of halogens is 1. The van der Waals surface area contributed by atoms with Crippen molar-refractivity contribution in [3.8, 4) is 0 Å². The molecule has 0 amide bonds. The summed E-state index contributed by atoms with van der Waals surface area (Å²) >= 11 is 7.91. The minimum absolute atomic E-state index is 0.0539. The van der Waals surface area contributed by atoms with Crippen LogP contribution >= 0.6 is 23.4 Å². The lowest BCUT2D eigenvalue weighted by molar-refractivity contribution is 0.628. The fourth-order valence-corrected chi connectivity index (χ4v) is 2.88. The van der Waals surface area contributed by atoms with Crippen molar-refractivity contribution in [3.63, 3.8) is 0 Å². The number of nitrogens with one attached hydrogen (secondary N) is 1. The van der Waals surface area contributed by atoms with Gasteiger partial charge < -0.3 is 0 Å². The highest BCUT2D eigenvalue weighted by Crippen LogP contribution is 2.31. The average Bonchev–Trinajstić information content (AvgIpc) is 2.44. The van der Waals surface area contributed by atoms with Gasteiger partial charge in [0.25, 0.3) is 0 Å². The van der Waals surface area contributed by atoms with E-state index >= 15 is 0 Å². The lowest BCUT2D eigenvalue weighted by Crippen LogP contribution is -2.29. The number of thioether (sulfide) groups is 1. The highest BCUT2D eigenvalue weighted by atomic mass is 35.5. The van der Waals surface area contributed by atoms with Gasteiger partial charge in [-0.15, -0.1) is 11.8 Å². The number of hydrogen-bond acceptors (Lipinski definition) is 3. The van der Waals surface area contributed by atoms with E-state index in [1.54, 1.807) is 11.8 Å². The predicted molar refractivity (Wildman–Crippen MR) is 83.6 cm³/mol. The van der Waals surface area contributed by atoms with Gasteiger partial charge in [-0.25, -0.2) is 5.43 Å². The van der Waals surface area contributed by atoms with E-state index in [0.717, 1.165) is 21.7 Å². The Morgan fingerprint density at radius 2 is 1.95 bits per heavy atom. The summed E-state index contributed by atoms with van der Waals surface area (Å²) in [5, 5.41) is 0.763. The molecule has 2 rings (SSSR count). The minimum Gasteiger partial charge on any atom is -0.271 e. The summed E-state index contributed by atoms with van der Waals surface area (Å²) in [7, 11) is 0. The van der Waals surface area contributed by atoms with E-state index in [2.05, 4.69) is 29.9 Å². The molecule has 4 heteroatoms. The highest BCUT2D eigenvalue weighted by Gasteiger charge is 2.16. The van der Waals surface area contributed by atoms with Gasteiger partial charge in [-0.05, 0) is 42.0 Å². The third-order valence-electron chi connectivity index (χ3n) is 3.15. The Morgan fingerprint density at radius 3 is 2.58 bits per heavy atom. The van der Waals surface area contributed by atoms with Crippen molar-refractivity contribution in [2.45, 2.75) is 17.9 Å².